The molecule has 1 aliphatic rings. The summed E-state index contributed by atoms with van der Waals surface area (Å²) in [7, 11) is -17.5. The van der Waals surface area contributed by atoms with Crippen LogP contribution < -0.4 is 108 Å². The number of nitrogens with zero attached hydrogens (tertiary/aromatic N) is 5. The SMILES string of the molecule is CCN(CC)c1ncnc2c1ncn2[C@@H]1O[C@H](COP(=O)(O)OP(=O)([O-])C(Br)(Br)P(=O)([O-])[O-])[C@@H](O)[C@H]1O.[Na+].[Na+].[Na+]. The predicted molar refractivity (Wildman–Crippen MR) is 127 cm³/mol. The van der Waals surface area contributed by atoms with E-state index in [2.05, 4.69) is 55.6 Å². The third-order valence-electron chi connectivity index (χ3n) is 5.29. The molecule has 0 bridgehead atoms. The maximum absolute atomic E-state index is 12.2. The Bertz CT molecular complexity index is 1290. The van der Waals surface area contributed by atoms with Gasteiger partial charge in [-0.25, -0.2) is 23.8 Å². The first kappa shape index (κ1) is 42.6. The summed E-state index contributed by atoms with van der Waals surface area (Å²) in [6.45, 7) is 4.11. The van der Waals surface area contributed by atoms with Gasteiger partial charge < -0.3 is 48.6 Å². The van der Waals surface area contributed by atoms with Crippen LogP contribution in [0.15, 0.2) is 12.7 Å². The molecule has 0 aromatic carbocycles. The molecule has 1 saturated heterocycles. The maximum atomic E-state index is 12.2. The minimum atomic E-state index is -5.98. The molecule has 3 heterocycles. The minimum Gasteiger partial charge on any atom is -0.809 e. The normalized spacial score (nSPS) is 24.2. The molecule has 2 aromatic rings. The number of halogens is 2. The van der Waals surface area contributed by atoms with Crippen LogP contribution in [0.3, 0.4) is 0 Å². The van der Waals surface area contributed by atoms with Crippen molar-refractivity contribution in [1.29, 1.82) is 0 Å². The number of rotatable bonds is 11. The molecule has 25 heteroatoms. The molecule has 0 spiro atoms. The van der Waals surface area contributed by atoms with E-state index in [0.29, 0.717) is 24.4 Å². The molecule has 2 unspecified atom stereocenters. The Kier molecular flexibility index (Phi) is 17.5. The van der Waals surface area contributed by atoms with Crippen molar-refractivity contribution in [1.82, 2.24) is 19.5 Å². The Hall–Kier alpha value is 2.64. The van der Waals surface area contributed by atoms with Crippen LogP contribution in [-0.2, 0) is 27.3 Å². The number of ether oxygens (including phenoxy) is 1. The summed E-state index contributed by atoms with van der Waals surface area (Å²) < 4.78 is 47.3. The van der Waals surface area contributed by atoms with Crippen LogP contribution in [0, 0.1) is 0 Å². The molecule has 17 nitrogen and oxygen atoms in total. The Balaban J connectivity index is 0.00000507. The topological polar surface area (TPSA) is 256 Å². The number of alkyl halides is 2. The molecule has 2 aromatic heterocycles. The van der Waals surface area contributed by atoms with E-state index in [9.17, 15) is 43.5 Å². The molecule has 1 aliphatic heterocycles. The smallest absolute Gasteiger partial charge is 0.809 e. The molecule has 210 valence electrons. The van der Waals surface area contributed by atoms with Crippen LogP contribution in [0.4, 0.5) is 5.82 Å². The Morgan fingerprint density at radius 3 is 2.17 bits per heavy atom. The van der Waals surface area contributed by atoms with Crippen molar-refractivity contribution in [2.75, 3.05) is 24.6 Å². The van der Waals surface area contributed by atoms with Gasteiger partial charge in [-0.2, -0.15) is 0 Å². The first-order valence-corrected chi connectivity index (χ1v) is 16.5. The second-order valence-corrected chi connectivity index (χ2v) is 19.0. The summed E-state index contributed by atoms with van der Waals surface area (Å²) in [6, 6.07) is 0. The van der Waals surface area contributed by atoms with E-state index >= 15 is 0 Å². The summed E-state index contributed by atoms with van der Waals surface area (Å²) in [5, 5.41) is 20.9. The van der Waals surface area contributed by atoms with Gasteiger partial charge in [0.15, 0.2) is 33.5 Å². The number of phosphoric acid groups is 1. The van der Waals surface area contributed by atoms with Crippen LogP contribution in [0.5, 0.6) is 0 Å². The van der Waals surface area contributed by atoms with Crippen molar-refractivity contribution in [3.8, 4) is 0 Å². The maximum Gasteiger partial charge on any atom is 1.00 e. The second-order valence-electron chi connectivity index (χ2n) is 7.59. The van der Waals surface area contributed by atoms with Gasteiger partial charge in [-0.1, -0.05) is 31.9 Å². The quantitative estimate of drug-likeness (QED) is 0.109. The van der Waals surface area contributed by atoms with Gasteiger partial charge in [-0.15, -0.1) is 0 Å². The van der Waals surface area contributed by atoms with Gasteiger partial charge in [0.25, 0.3) is 0 Å². The number of hydrogen-bond acceptors (Lipinski definition) is 15. The van der Waals surface area contributed by atoms with Crippen LogP contribution in [-0.4, -0.2) is 75.3 Å². The van der Waals surface area contributed by atoms with E-state index in [-0.39, 0.29) is 94.3 Å². The van der Waals surface area contributed by atoms with E-state index in [1.54, 1.807) is 0 Å². The number of aliphatic hydroxyl groups is 2. The number of aromatic nitrogens is 4. The predicted octanol–water partition coefficient (Wildman–Crippen LogP) is -9.69. The fourth-order valence-corrected chi connectivity index (χ4v) is 8.10. The van der Waals surface area contributed by atoms with E-state index in [4.69, 9.17) is 4.74 Å². The van der Waals surface area contributed by atoms with Crippen molar-refractivity contribution in [2.24, 2.45) is 0 Å². The van der Waals surface area contributed by atoms with Crippen molar-refractivity contribution >= 4 is 71.9 Å². The fourth-order valence-electron chi connectivity index (χ4n) is 3.40. The number of fused-ring (bicyclic) bond motifs is 1. The second kappa shape index (κ2) is 16.5. The van der Waals surface area contributed by atoms with Crippen molar-refractivity contribution in [2.45, 2.75) is 41.1 Å². The monoisotopic (exact) mass is 783 g/mol. The zero-order valence-corrected chi connectivity index (χ0v) is 33.8. The van der Waals surface area contributed by atoms with Gasteiger partial charge in [0.05, 0.1) is 12.9 Å². The van der Waals surface area contributed by atoms with Gasteiger partial charge in [0.1, 0.15) is 24.6 Å². The van der Waals surface area contributed by atoms with E-state index in [1.165, 1.54) is 17.2 Å². The van der Waals surface area contributed by atoms with Crippen molar-refractivity contribution in [3.05, 3.63) is 12.7 Å². The third kappa shape index (κ3) is 9.13. The van der Waals surface area contributed by atoms with Crippen LogP contribution in [0.25, 0.3) is 11.2 Å². The molecule has 3 rings (SSSR count). The summed E-state index contributed by atoms with van der Waals surface area (Å²) in [6.07, 6.45) is -3.50. The Morgan fingerprint density at radius 1 is 1.07 bits per heavy atom. The molecule has 0 radical (unpaired) electrons. The molecular formula is C15H21Br2N5Na3O12P3. The number of hydrogen-bond donors (Lipinski definition) is 3. The first-order valence-electron chi connectivity index (χ1n) is 10.3. The molecular weight excluding hydrogens is 764 g/mol. The third-order valence-corrected chi connectivity index (χ3v) is 15.4. The van der Waals surface area contributed by atoms with Gasteiger partial charge in [-0.3, -0.25) is 9.09 Å². The van der Waals surface area contributed by atoms with E-state index < -0.39 is 56.9 Å². The minimum absolute atomic E-state index is 0. The number of phosphoric ester groups is 1. The zero-order valence-electron chi connectivity index (χ0n) is 21.9. The van der Waals surface area contributed by atoms with E-state index in [0.717, 1.165) is 0 Å². The Morgan fingerprint density at radius 2 is 1.65 bits per heavy atom. The summed E-state index contributed by atoms with van der Waals surface area (Å²) in [4.78, 5) is 58.8. The fraction of sp³-hybridized carbons (Fsp3) is 0.667. The molecule has 3 N–H and O–H groups in total. The largest absolute Gasteiger partial charge is 1.00 e. The number of imidazole rings is 1. The van der Waals surface area contributed by atoms with E-state index in [1.807, 2.05) is 18.7 Å². The zero-order chi connectivity index (χ0) is 28.0. The van der Waals surface area contributed by atoms with Gasteiger partial charge in [-0.05, 0) is 21.4 Å². The van der Waals surface area contributed by atoms with Gasteiger partial charge in [0.2, 0.25) is 0 Å². The van der Waals surface area contributed by atoms with Crippen LogP contribution in [0.1, 0.15) is 20.1 Å². The summed E-state index contributed by atoms with van der Waals surface area (Å²) >= 11 is 4.21. The van der Waals surface area contributed by atoms with Crippen LogP contribution in [0.2, 0.25) is 0 Å². The number of aliphatic hydroxyl groups excluding tert-OH is 2. The van der Waals surface area contributed by atoms with Gasteiger partial charge >= 0.3 is 96.5 Å². The number of anilines is 1. The Labute approximate surface area is 311 Å². The molecule has 0 saturated carbocycles. The average Bonchev–Trinajstić information content (AvgIpc) is 3.33. The molecule has 40 heavy (non-hydrogen) atoms. The molecule has 0 aliphatic carbocycles. The molecule has 0 amide bonds. The standard InChI is InChI=1S/C15H24Br2N5O12P3.3Na/c1-3-21(4-2)12-9-13(19-6-18-12)22(7-20-9)14-11(24)10(23)8(33-14)5-32-37(30,31)34-36(28,29)15(16,17)35(25,26)27;;;/h6-8,10-11,14,23-24H,3-5H2,1-2H3,(H,28,29)(H,30,31)(H2,25,26,27);;;/q;3*+1/p-3/t8-,10-,11-,14-;;;/m1.../s1. The first-order chi connectivity index (χ1) is 17.0. The molecule has 1 fully saturated rings. The van der Waals surface area contributed by atoms with Crippen molar-refractivity contribution in [3.63, 3.8) is 0 Å². The summed E-state index contributed by atoms with van der Waals surface area (Å²) in [5.41, 5.74) is 0.640. The van der Waals surface area contributed by atoms with Gasteiger partial charge in [0, 0.05) is 13.1 Å². The summed E-state index contributed by atoms with van der Waals surface area (Å²) in [5.74, 6) is 0.525. The average molecular weight is 785 g/mol. The molecule has 6 atom stereocenters. The van der Waals surface area contributed by atoms with Crippen LogP contribution >= 0.6 is 54.9 Å². The van der Waals surface area contributed by atoms with Crippen molar-refractivity contribution < 1.29 is 146 Å².